The summed E-state index contributed by atoms with van der Waals surface area (Å²) in [5.74, 6) is 0.667. The molecule has 6 heteroatoms. The SMILES string of the molecule is CC(n1nnnc1-c1ccc(N)cc1N)C(C)(C)C. The van der Waals surface area contributed by atoms with E-state index in [1.807, 2.05) is 10.7 Å². The van der Waals surface area contributed by atoms with E-state index < -0.39 is 0 Å². The van der Waals surface area contributed by atoms with Crippen LogP contribution in [0, 0.1) is 5.41 Å². The Bertz CT molecular complexity index is 581. The van der Waals surface area contributed by atoms with Gasteiger partial charge in [-0.2, -0.15) is 0 Å². The summed E-state index contributed by atoms with van der Waals surface area (Å²) < 4.78 is 1.81. The second-order valence-electron chi connectivity index (χ2n) is 5.84. The van der Waals surface area contributed by atoms with Gasteiger partial charge in [-0.1, -0.05) is 20.8 Å². The van der Waals surface area contributed by atoms with Gasteiger partial charge in [0.1, 0.15) is 0 Å². The first-order valence-corrected chi connectivity index (χ1v) is 6.24. The molecule has 102 valence electrons. The van der Waals surface area contributed by atoms with Crippen LogP contribution in [0.4, 0.5) is 11.4 Å². The Hall–Kier alpha value is -2.11. The summed E-state index contributed by atoms with van der Waals surface area (Å²) in [5, 5.41) is 12.0. The second kappa shape index (κ2) is 4.53. The zero-order valence-electron chi connectivity index (χ0n) is 11.8. The summed E-state index contributed by atoms with van der Waals surface area (Å²) >= 11 is 0. The van der Waals surface area contributed by atoms with Crippen molar-refractivity contribution in [1.82, 2.24) is 20.2 Å². The van der Waals surface area contributed by atoms with Crippen LogP contribution in [0.15, 0.2) is 18.2 Å². The van der Waals surface area contributed by atoms with E-state index in [1.54, 1.807) is 12.1 Å². The molecule has 4 N–H and O–H groups in total. The lowest BCUT2D eigenvalue weighted by Crippen LogP contribution is -2.23. The number of benzene rings is 1. The predicted molar refractivity (Wildman–Crippen MR) is 76.2 cm³/mol. The summed E-state index contributed by atoms with van der Waals surface area (Å²) in [7, 11) is 0. The van der Waals surface area contributed by atoms with Crippen molar-refractivity contribution in [2.45, 2.75) is 33.7 Å². The van der Waals surface area contributed by atoms with Crippen molar-refractivity contribution < 1.29 is 0 Å². The minimum absolute atomic E-state index is 0.0483. The van der Waals surface area contributed by atoms with E-state index in [0.717, 1.165) is 5.56 Å². The monoisotopic (exact) mass is 260 g/mol. The molecule has 0 bridgehead atoms. The Morgan fingerprint density at radius 3 is 2.47 bits per heavy atom. The van der Waals surface area contributed by atoms with Crippen molar-refractivity contribution in [3.05, 3.63) is 18.2 Å². The fourth-order valence-corrected chi connectivity index (χ4v) is 1.78. The number of aromatic nitrogens is 4. The van der Waals surface area contributed by atoms with Crippen LogP contribution < -0.4 is 11.5 Å². The van der Waals surface area contributed by atoms with E-state index in [9.17, 15) is 0 Å². The highest BCUT2D eigenvalue weighted by Crippen LogP contribution is 2.33. The molecule has 0 aliphatic rings. The first-order valence-electron chi connectivity index (χ1n) is 6.24. The average molecular weight is 260 g/mol. The number of nitrogens with two attached hydrogens (primary N) is 2. The van der Waals surface area contributed by atoms with Gasteiger partial charge in [-0.05, 0) is 41.0 Å². The fraction of sp³-hybridized carbons (Fsp3) is 0.462. The Morgan fingerprint density at radius 1 is 1.21 bits per heavy atom. The van der Waals surface area contributed by atoms with Crippen molar-refractivity contribution in [1.29, 1.82) is 0 Å². The number of hydrogen-bond acceptors (Lipinski definition) is 5. The Balaban J connectivity index is 2.50. The maximum Gasteiger partial charge on any atom is 0.184 e. The summed E-state index contributed by atoms with van der Waals surface area (Å²) in [5.41, 5.74) is 13.8. The Morgan fingerprint density at radius 2 is 1.89 bits per heavy atom. The minimum Gasteiger partial charge on any atom is -0.399 e. The van der Waals surface area contributed by atoms with E-state index in [1.165, 1.54) is 0 Å². The van der Waals surface area contributed by atoms with E-state index >= 15 is 0 Å². The van der Waals surface area contributed by atoms with Crippen LogP contribution in [-0.2, 0) is 0 Å². The number of nitrogen functional groups attached to an aromatic ring is 2. The molecule has 0 aliphatic heterocycles. The van der Waals surface area contributed by atoms with Gasteiger partial charge in [-0.25, -0.2) is 4.68 Å². The lowest BCUT2D eigenvalue weighted by atomic mass is 9.88. The fourth-order valence-electron chi connectivity index (χ4n) is 1.78. The molecule has 0 spiro atoms. The summed E-state index contributed by atoms with van der Waals surface area (Å²) in [6.45, 7) is 8.54. The number of tetrazole rings is 1. The standard InChI is InChI=1S/C13H20N6/c1-8(13(2,3)4)19-12(16-17-18-19)10-6-5-9(14)7-11(10)15/h5-8H,14-15H2,1-4H3. The van der Waals surface area contributed by atoms with Gasteiger partial charge in [0.05, 0.1) is 6.04 Å². The minimum atomic E-state index is 0.0483. The Kier molecular flexibility index (Phi) is 3.18. The normalized spacial score (nSPS) is 13.5. The third kappa shape index (κ3) is 2.52. The molecular weight excluding hydrogens is 240 g/mol. The molecule has 0 saturated carbocycles. The zero-order valence-corrected chi connectivity index (χ0v) is 11.8. The van der Waals surface area contributed by atoms with Crippen molar-refractivity contribution in [2.75, 3.05) is 11.5 Å². The van der Waals surface area contributed by atoms with Gasteiger partial charge < -0.3 is 11.5 Å². The van der Waals surface area contributed by atoms with Crippen molar-refractivity contribution in [2.24, 2.45) is 5.41 Å². The first-order chi connectivity index (χ1) is 8.80. The predicted octanol–water partition coefficient (Wildman–Crippen LogP) is 2.11. The number of anilines is 2. The quantitative estimate of drug-likeness (QED) is 0.806. The maximum absolute atomic E-state index is 6.00. The molecule has 2 rings (SSSR count). The molecule has 0 radical (unpaired) electrons. The molecule has 1 heterocycles. The van der Waals surface area contributed by atoms with Gasteiger partial charge in [0.25, 0.3) is 0 Å². The number of hydrogen-bond donors (Lipinski definition) is 2. The third-order valence-electron chi connectivity index (χ3n) is 3.43. The molecule has 1 aromatic carbocycles. The van der Waals surface area contributed by atoms with Crippen molar-refractivity contribution >= 4 is 11.4 Å². The molecule has 1 aromatic heterocycles. The van der Waals surface area contributed by atoms with Crippen LogP contribution >= 0.6 is 0 Å². The number of nitrogens with zero attached hydrogens (tertiary/aromatic N) is 4. The van der Waals surface area contributed by atoms with Crippen LogP contribution in [0.1, 0.15) is 33.7 Å². The van der Waals surface area contributed by atoms with Gasteiger partial charge in [-0.15, -0.1) is 5.10 Å². The lowest BCUT2D eigenvalue weighted by Gasteiger charge is -2.27. The van der Waals surface area contributed by atoms with Gasteiger partial charge in [0, 0.05) is 16.9 Å². The smallest absolute Gasteiger partial charge is 0.184 e. The van der Waals surface area contributed by atoms with Crippen LogP contribution in [0.25, 0.3) is 11.4 Å². The van der Waals surface area contributed by atoms with Crippen LogP contribution in [0.2, 0.25) is 0 Å². The highest BCUT2D eigenvalue weighted by atomic mass is 15.5. The molecular formula is C13H20N6. The van der Waals surface area contributed by atoms with Crippen LogP contribution in [0.3, 0.4) is 0 Å². The highest BCUT2D eigenvalue weighted by Gasteiger charge is 2.26. The highest BCUT2D eigenvalue weighted by molar-refractivity contribution is 5.74. The van der Waals surface area contributed by atoms with Gasteiger partial charge >= 0.3 is 0 Å². The lowest BCUT2D eigenvalue weighted by molar-refractivity contribution is 0.243. The van der Waals surface area contributed by atoms with E-state index in [4.69, 9.17) is 11.5 Å². The maximum atomic E-state index is 6.00. The molecule has 19 heavy (non-hydrogen) atoms. The van der Waals surface area contributed by atoms with Crippen LogP contribution in [-0.4, -0.2) is 20.2 Å². The van der Waals surface area contributed by atoms with E-state index in [2.05, 4.69) is 43.2 Å². The summed E-state index contributed by atoms with van der Waals surface area (Å²) in [6.07, 6.45) is 0. The zero-order chi connectivity index (χ0) is 14.2. The van der Waals surface area contributed by atoms with Crippen molar-refractivity contribution in [3.63, 3.8) is 0 Å². The molecule has 0 fully saturated rings. The molecule has 0 saturated heterocycles. The second-order valence-corrected chi connectivity index (χ2v) is 5.84. The number of rotatable bonds is 2. The van der Waals surface area contributed by atoms with Crippen molar-refractivity contribution in [3.8, 4) is 11.4 Å². The topological polar surface area (TPSA) is 95.6 Å². The first kappa shape index (κ1) is 13.3. The van der Waals surface area contributed by atoms with E-state index in [-0.39, 0.29) is 11.5 Å². The molecule has 1 unspecified atom stereocenters. The van der Waals surface area contributed by atoms with E-state index in [0.29, 0.717) is 17.2 Å². The average Bonchev–Trinajstić information content (AvgIpc) is 2.75. The molecule has 0 amide bonds. The molecule has 0 aliphatic carbocycles. The Labute approximate surface area is 112 Å². The van der Waals surface area contributed by atoms with Gasteiger partial charge in [0.2, 0.25) is 0 Å². The molecule has 6 nitrogen and oxygen atoms in total. The summed E-state index contributed by atoms with van der Waals surface area (Å²) in [6, 6.07) is 5.51. The summed E-state index contributed by atoms with van der Waals surface area (Å²) in [4.78, 5) is 0. The molecule has 2 aromatic rings. The third-order valence-corrected chi connectivity index (χ3v) is 3.43. The van der Waals surface area contributed by atoms with Gasteiger partial charge in [-0.3, -0.25) is 0 Å². The van der Waals surface area contributed by atoms with Crippen LogP contribution in [0.5, 0.6) is 0 Å². The largest absolute Gasteiger partial charge is 0.399 e. The molecule has 1 atom stereocenters. The van der Waals surface area contributed by atoms with Gasteiger partial charge in [0.15, 0.2) is 5.82 Å².